The number of carboxylic acid groups (broad SMARTS) is 1. The SMILES string of the molecule is O=C(O)C1CCN(C(=O)NCCN2C(=O)C3C4C=CC(C4)C3C2=O)C1. The summed E-state index contributed by atoms with van der Waals surface area (Å²) >= 11 is 0. The van der Waals surface area contributed by atoms with E-state index in [1.807, 2.05) is 0 Å². The maximum Gasteiger partial charge on any atom is 0.317 e. The predicted octanol–water partition coefficient (Wildman–Crippen LogP) is -0.0904. The van der Waals surface area contributed by atoms with Crippen LogP contribution in [0.5, 0.6) is 0 Å². The number of carbonyl (C=O) groups is 4. The van der Waals surface area contributed by atoms with E-state index in [0.717, 1.165) is 6.42 Å². The van der Waals surface area contributed by atoms with Crippen LogP contribution < -0.4 is 5.32 Å². The fraction of sp³-hybridized carbons (Fsp3) is 0.647. The highest BCUT2D eigenvalue weighted by molar-refractivity contribution is 6.06. The number of carbonyl (C=O) groups excluding carboxylic acids is 3. The Balaban J connectivity index is 1.28. The van der Waals surface area contributed by atoms with E-state index in [4.69, 9.17) is 5.11 Å². The third kappa shape index (κ3) is 2.51. The number of hydrogen-bond acceptors (Lipinski definition) is 4. The number of aliphatic carboxylic acids is 1. The first-order valence-electron chi connectivity index (χ1n) is 8.76. The van der Waals surface area contributed by atoms with E-state index in [1.54, 1.807) is 0 Å². The molecule has 4 aliphatic rings. The van der Waals surface area contributed by atoms with Crippen LogP contribution in [-0.4, -0.2) is 64.9 Å². The van der Waals surface area contributed by atoms with Gasteiger partial charge in [0.25, 0.3) is 0 Å². The van der Waals surface area contributed by atoms with Gasteiger partial charge in [0.15, 0.2) is 0 Å². The molecule has 8 heteroatoms. The van der Waals surface area contributed by atoms with Crippen LogP contribution in [0.15, 0.2) is 12.2 Å². The number of carboxylic acids is 1. The van der Waals surface area contributed by atoms with E-state index < -0.39 is 11.9 Å². The van der Waals surface area contributed by atoms with E-state index >= 15 is 0 Å². The van der Waals surface area contributed by atoms with Gasteiger partial charge in [-0.2, -0.15) is 0 Å². The molecule has 0 aromatic heterocycles. The molecule has 25 heavy (non-hydrogen) atoms. The zero-order valence-corrected chi connectivity index (χ0v) is 13.8. The van der Waals surface area contributed by atoms with Crippen LogP contribution in [0.2, 0.25) is 0 Å². The molecule has 5 unspecified atom stereocenters. The minimum Gasteiger partial charge on any atom is -0.481 e. The number of rotatable bonds is 4. The third-order valence-electron chi connectivity index (χ3n) is 6.00. The number of hydrogen-bond donors (Lipinski definition) is 2. The molecule has 2 saturated heterocycles. The normalized spacial score (nSPS) is 35.6. The second-order valence-corrected chi connectivity index (χ2v) is 7.33. The minimum absolute atomic E-state index is 0.117. The van der Waals surface area contributed by atoms with Crippen molar-refractivity contribution in [2.75, 3.05) is 26.2 Å². The lowest BCUT2D eigenvalue weighted by Gasteiger charge is -2.20. The molecule has 0 radical (unpaired) electrons. The maximum absolute atomic E-state index is 12.5. The molecular weight excluding hydrogens is 326 g/mol. The average Bonchev–Trinajstić information content (AvgIpc) is 3.34. The molecule has 1 saturated carbocycles. The lowest BCUT2D eigenvalue weighted by atomic mass is 9.85. The lowest BCUT2D eigenvalue weighted by Crippen LogP contribution is -2.44. The van der Waals surface area contributed by atoms with Crippen molar-refractivity contribution in [2.45, 2.75) is 12.8 Å². The van der Waals surface area contributed by atoms with Gasteiger partial charge in [-0.15, -0.1) is 0 Å². The summed E-state index contributed by atoms with van der Waals surface area (Å²) in [5.74, 6) is -1.71. The second kappa shape index (κ2) is 5.86. The molecule has 4 rings (SSSR count). The molecule has 2 heterocycles. The third-order valence-corrected chi connectivity index (χ3v) is 6.00. The maximum atomic E-state index is 12.5. The highest BCUT2D eigenvalue weighted by atomic mass is 16.4. The largest absolute Gasteiger partial charge is 0.481 e. The quantitative estimate of drug-likeness (QED) is 0.546. The van der Waals surface area contributed by atoms with Gasteiger partial charge in [-0.05, 0) is 24.7 Å². The topological polar surface area (TPSA) is 107 Å². The Morgan fingerprint density at radius 1 is 1.16 bits per heavy atom. The van der Waals surface area contributed by atoms with Crippen molar-refractivity contribution in [1.82, 2.24) is 15.1 Å². The van der Waals surface area contributed by atoms with Gasteiger partial charge in [0.2, 0.25) is 11.8 Å². The zero-order valence-electron chi connectivity index (χ0n) is 13.8. The van der Waals surface area contributed by atoms with Crippen molar-refractivity contribution < 1.29 is 24.3 Å². The Kier molecular flexibility index (Phi) is 3.77. The Morgan fingerprint density at radius 3 is 2.36 bits per heavy atom. The molecule has 2 aliphatic carbocycles. The molecule has 4 amide bonds. The van der Waals surface area contributed by atoms with Crippen molar-refractivity contribution >= 4 is 23.8 Å². The van der Waals surface area contributed by atoms with E-state index in [1.165, 1.54) is 9.80 Å². The van der Waals surface area contributed by atoms with E-state index in [0.29, 0.717) is 13.0 Å². The van der Waals surface area contributed by atoms with Crippen LogP contribution in [0.4, 0.5) is 4.79 Å². The van der Waals surface area contributed by atoms with Crippen molar-refractivity contribution in [2.24, 2.45) is 29.6 Å². The Bertz CT molecular complexity index is 645. The van der Waals surface area contributed by atoms with Crippen LogP contribution in [0, 0.1) is 29.6 Å². The second-order valence-electron chi connectivity index (χ2n) is 7.33. The van der Waals surface area contributed by atoms with Gasteiger partial charge in [0.1, 0.15) is 0 Å². The Hall–Kier alpha value is -2.38. The number of amides is 4. The number of imide groups is 1. The van der Waals surface area contributed by atoms with E-state index in [2.05, 4.69) is 17.5 Å². The molecule has 3 fully saturated rings. The zero-order chi connectivity index (χ0) is 17.7. The smallest absolute Gasteiger partial charge is 0.317 e. The number of fused-ring (bicyclic) bond motifs is 5. The molecule has 2 aliphatic heterocycles. The Morgan fingerprint density at radius 2 is 1.80 bits per heavy atom. The predicted molar refractivity (Wildman–Crippen MR) is 85.2 cm³/mol. The molecular formula is C17H21N3O5. The number of nitrogens with zero attached hydrogens (tertiary/aromatic N) is 2. The van der Waals surface area contributed by atoms with Gasteiger partial charge in [0, 0.05) is 26.2 Å². The van der Waals surface area contributed by atoms with E-state index in [-0.39, 0.29) is 61.2 Å². The number of allylic oxidation sites excluding steroid dienone is 2. The summed E-state index contributed by atoms with van der Waals surface area (Å²) in [6.45, 7) is 0.963. The summed E-state index contributed by atoms with van der Waals surface area (Å²) in [7, 11) is 0. The van der Waals surface area contributed by atoms with Crippen molar-refractivity contribution in [3.05, 3.63) is 12.2 Å². The fourth-order valence-electron chi connectivity index (χ4n) is 4.72. The van der Waals surface area contributed by atoms with Gasteiger partial charge in [0.05, 0.1) is 17.8 Å². The van der Waals surface area contributed by atoms with Gasteiger partial charge in [-0.25, -0.2) is 4.79 Å². The van der Waals surface area contributed by atoms with Gasteiger partial charge >= 0.3 is 12.0 Å². The average molecular weight is 347 g/mol. The van der Waals surface area contributed by atoms with Crippen LogP contribution in [-0.2, 0) is 14.4 Å². The fourth-order valence-corrected chi connectivity index (χ4v) is 4.72. The summed E-state index contributed by atoms with van der Waals surface area (Å²) in [6, 6.07) is -0.343. The first-order chi connectivity index (χ1) is 12.0. The first kappa shape index (κ1) is 16.1. The molecule has 2 N–H and O–H groups in total. The van der Waals surface area contributed by atoms with Crippen LogP contribution in [0.1, 0.15) is 12.8 Å². The minimum atomic E-state index is -0.890. The van der Waals surface area contributed by atoms with E-state index in [9.17, 15) is 19.2 Å². The lowest BCUT2D eigenvalue weighted by molar-refractivity contribution is -0.142. The summed E-state index contributed by atoms with van der Waals surface area (Å²) in [6.07, 6.45) is 5.45. The summed E-state index contributed by atoms with van der Waals surface area (Å²) in [4.78, 5) is 50.8. The summed E-state index contributed by atoms with van der Waals surface area (Å²) in [5, 5.41) is 11.7. The van der Waals surface area contributed by atoms with Gasteiger partial charge in [-0.1, -0.05) is 12.2 Å². The Labute approximate surface area is 144 Å². The highest BCUT2D eigenvalue weighted by Crippen LogP contribution is 2.52. The first-order valence-corrected chi connectivity index (χ1v) is 8.76. The molecule has 5 atom stereocenters. The monoisotopic (exact) mass is 347 g/mol. The molecule has 0 aromatic carbocycles. The number of nitrogens with one attached hydrogen (secondary N) is 1. The molecule has 2 bridgehead atoms. The van der Waals surface area contributed by atoms with Gasteiger partial charge < -0.3 is 15.3 Å². The van der Waals surface area contributed by atoms with Crippen LogP contribution in [0.25, 0.3) is 0 Å². The summed E-state index contributed by atoms with van der Waals surface area (Å²) < 4.78 is 0. The molecule has 0 spiro atoms. The number of likely N-dealkylation sites (tertiary alicyclic amines) is 2. The van der Waals surface area contributed by atoms with Crippen molar-refractivity contribution in [3.8, 4) is 0 Å². The van der Waals surface area contributed by atoms with Crippen molar-refractivity contribution in [1.29, 1.82) is 0 Å². The number of urea groups is 1. The molecule has 134 valence electrons. The standard InChI is InChI=1S/C17H21N3O5/c21-14-12-9-1-2-10(7-9)13(12)15(22)20(14)6-4-18-17(25)19-5-3-11(8-19)16(23)24/h1-2,9-13H,3-8H2,(H,18,25)(H,23,24). The van der Waals surface area contributed by atoms with Crippen molar-refractivity contribution in [3.63, 3.8) is 0 Å². The highest BCUT2D eigenvalue weighted by Gasteiger charge is 2.58. The van der Waals surface area contributed by atoms with Crippen LogP contribution >= 0.6 is 0 Å². The summed E-state index contributed by atoms with van der Waals surface area (Å²) in [5.41, 5.74) is 0. The molecule has 0 aromatic rings. The van der Waals surface area contributed by atoms with Gasteiger partial charge in [-0.3, -0.25) is 19.3 Å². The molecule has 8 nitrogen and oxygen atoms in total. The van der Waals surface area contributed by atoms with Crippen LogP contribution in [0.3, 0.4) is 0 Å².